The second-order valence-electron chi connectivity index (χ2n) is 7.25. The molecular formula is C18H26N2O5S. The highest BCUT2D eigenvalue weighted by atomic mass is 32.2. The third kappa shape index (κ3) is 5.54. The Morgan fingerprint density at radius 3 is 2.46 bits per heavy atom. The van der Waals surface area contributed by atoms with Gasteiger partial charge in [-0.05, 0) is 49.8 Å². The van der Waals surface area contributed by atoms with E-state index in [2.05, 4.69) is 10.0 Å². The minimum Gasteiger partial charge on any atom is -0.481 e. The van der Waals surface area contributed by atoms with E-state index in [0.717, 1.165) is 12.8 Å². The van der Waals surface area contributed by atoms with Crippen molar-refractivity contribution in [3.8, 4) is 0 Å². The van der Waals surface area contributed by atoms with Crippen molar-refractivity contribution in [1.29, 1.82) is 0 Å². The summed E-state index contributed by atoms with van der Waals surface area (Å²) in [6, 6.07) is 4.37. The van der Waals surface area contributed by atoms with Gasteiger partial charge in [0.1, 0.15) is 0 Å². The molecule has 0 aromatic heterocycles. The van der Waals surface area contributed by atoms with Gasteiger partial charge in [-0.2, -0.15) is 0 Å². The van der Waals surface area contributed by atoms with E-state index in [1.807, 2.05) is 13.8 Å². The number of carboxylic acids is 1. The van der Waals surface area contributed by atoms with Gasteiger partial charge in [-0.15, -0.1) is 0 Å². The standard InChI is InChI=1S/C18H26N2O5S/c1-11(2)8-13(18(22)23)10-19-17(21)16-9-15(7-4-12(16)3)26(24,25)20-14-5-6-14/h4,7,9,11,13-14,20H,5-6,8,10H2,1-3H3,(H,19,21)(H,22,23). The summed E-state index contributed by atoms with van der Waals surface area (Å²) in [6.07, 6.45) is 2.10. The molecule has 2 rings (SSSR count). The maximum Gasteiger partial charge on any atom is 0.308 e. The lowest BCUT2D eigenvalue weighted by Gasteiger charge is -2.16. The molecule has 3 N–H and O–H groups in total. The third-order valence-electron chi connectivity index (χ3n) is 4.28. The molecule has 144 valence electrons. The number of hydrogen-bond acceptors (Lipinski definition) is 4. The molecule has 26 heavy (non-hydrogen) atoms. The van der Waals surface area contributed by atoms with E-state index in [4.69, 9.17) is 0 Å². The van der Waals surface area contributed by atoms with Crippen LogP contribution in [0, 0.1) is 18.8 Å². The van der Waals surface area contributed by atoms with Crippen molar-refractivity contribution < 1.29 is 23.1 Å². The summed E-state index contributed by atoms with van der Waals surface area (Å²) in [6.45, 7) is 5.55. The van der Waals surface area contributed by atoms with E-state index >= 15 is 0 Å². The monoisotopic (exact) mass is 382 g/mol. The number of carboxylic acid groups (broad SMARTS) is 1. The van der Waals surface area contributed by atoms with E-state index in [-0.39, 0.29) is 29.0 Å². The predicted molar refractivity (Wildman–Crippen MR) is 97.4 cm³/mol. The molecule has 1 aliphatic rings. The minimum atomic E-state index is -3.65. The second kappa shape index (κ2) is 8.18. The van der Waals surface area contributed by atoms with E-state index < -0.39 is 27.8 Å². The van der Waals surface area contributed by atoms with E-state index in [9.17, 15) is 23.1 Å². The molecule has 0 aliphatic heterocycles. The molecule has 1 aliphatic carbocycles. The van der Waals surface area contributed by atoms with Crippen molar-refractivity contribution in [2.24, 2.45) is 11.8 Å². The smallest absolute Gasteiger partial charge is 0.308 e. The molecule has 1 atom stereocenters. The summed E-state index contributed by atoms with van der Waals surface area (Å²) in [5.41, 5.74) is 0.862. The molecule has 0 radical (unpaired) electrons. The number of sulfonamides is 1. The van der Waals surface area contributed by atoms with Gasteiger partial charge in [0.2, 0.25) is 10.0 Å². The van der Waals surface area contributed by atoms with Crippen molar-refractivity contribution >= 4 is 21.9 Å². The van der Waals surface area contributed by atoms with Crippen LogP contribution in [-0.2, 0) is 14.8 Å². The lowest BCUT2D eigenvalue weighted by Crippen LogP contribution is -2.34. The first kappa shape index (κ1) is 20.4. The van der Waals surface area contributed by atoms with Crippen LogP contribution < -0.4 is 10.0 Å². The first-order valence-corrected chi connectivity index (χ1v) is 10.2. The second-order valence-corrected chi connectivity index (χ2v) is 8.96. The Morgan fingerprint density at radius 2 is 1.92 bits per heavy atom. The zero-order chi connectivity index (χ0) is 19.5. The normalized spacial score (nSPS) is 15.7. The number of carbonyl (C=O) groups is 2. The van der Waals surface area contributed by atoms with Crippen LogP contribution >= 0.6 is 0 Å². The van der Waals surface area contributed by atoms with Gasteiger partial charge in [-0.25, -0.2) is 13.1 Å². The number of aryl methyl sites for hydroxylation is 1. The van der Waals surface area contributed by atoms with Crippen LogP contribution in [0.15, 0.2) is 23.1 Å². The summed E-state index contributed by atoms with van der Waals surface area (Å²) in [4.78, 5) is 23.8. The zero-order valence-corrected chi connectivity index (χ0v) is 16.1. The summed E-state index contributed by atoms with van der Waals surface area (Å²) in [7, 11) is -3.65. The van der Waals surface area contributed by atoms with Gasteiger partial charge in [-0.3, -0.25) is 9.59 Å². The van der Waals surface area contributed by atoms with Crippen LogP contribution in [0.3, 0.4) is 0 Å². The Hall–Kier alpha value is -1.93. The van der Waals surface area contributed by atoms with Gasteiger partial charge in [-0.1, -0.05) is 19.9 Å². The van der Waals surface area contributed by atoms with Gasteiger partial charge in [0.15, 0.2) is 0 Å². The largest absolute Gasteiger partial charge is 0.481 e. The number of nitrogens with one attached hydrogen (secondary N) is 2. The highest BCUT2D eigenvalue weighted by Gasteiger charge is 2.28. The molecule has 1 saturated carbocycles. The maximum absolute atomic E-state index is 12.5. The Morgan fingerprint density at radius 1 is 1.27 bits per heavy atom. The molecule has 1 unspecified atom stereocenters. The Kier molecular flexibility index (Phi) is 6.41. The lowest BCUT2D eigenvalue weighted by atomic mass is 9.97. The summed E-state index contributed by atoms with van der Waals surface area (Å²) in [5, 5.41) is 11.9. The quantitative estimate of drug-likeness (QED) is 0.604. The average Bonchev–Trinajstić information content (AvgIpc) is 3.34. The van der Waals surface area contributed by atoms with E-state index in [1.54, 1.807) is 13.0 Å². The number of rotatable bonds is 9. The fourth-order valence-corrected chi connectivity index (χ4v) is 3.98. The summed E-state index contributed by atoms with van der Waals surface area (Å²) >= 11 is 0. The predicted octanol–water partition coefficient (Wildman–Crippen LogP) is 1.91. The van der Waals surface area contributed by atoms with Crippen molar-refractivity contribution in [3.05, 3.63) is 29.3 Å². The molecule has 1 aromatic carbocycles. The van der Waals surface area contributed by atoms with Gasteiger partial charge >= 0.3 is 5.97 Å². The fourth-order valence-electron chi connectivity index (χ4n) is 2.65. The first-order valence-electron chi connectivity index (χ1n) is 8.74. The molecule has 0 saturated heterocycles. The van der Waals surface area contributed by atoms with Crippen LogP contribution in [0.2, 0.25) is 0 Å². The van der Waals surface area contributed by atoms with Crippen LogP contribution in [0.1, 0.15) is 49.0 Å². The lowest BCUT2D eigenvalue weighted by molar-refractivity contribution is -0.142. The van der Waals surface area contributed by atoms with Gasteiger partial charge in [0.05, 0.1) is 10.8 Å². The molecule has 0 heterocycles. The van der Waals surface area contributed by atoms with Crippen molar-refractivity contribution in [3.63, 3.8) is 0 Å². The highest BCUT2D eigenvalue weighted by molar-refractivity contribution is 7.89. The summed E-state index contributed by atoms with van der Waals surface area (Å²) < 4.78 is 27.2. The molecule has 1 amide bonds. The molecule has 7 nitrogen and oxygen atoms in total. The number of aliphatic carboxylic acids is 1. The van der Waals surface area contributed by atoms with Crippen LogP contribution in [0.4, 0.5) is 0 Å². The Balaban J connectivity index is 2.12. The number of amides is 1. The van der Waals surface area contributed by atoms with Crippen molar-refractivity contribution in [2.45, 2.75) is 51.0 Å². The van der Waals surface area contributed by atoms with Gasteiger partial charge in [0.25, 0.3) is 5.91 Å². The fraction of sp³-hybridized carbons (Fsp3) is 0.556. The van der Waals surface area contributed by atoms with Gasteiger partial charge < -0.3 is 10.4 Å². The molecule has 0 spiro atoms. The van der Waals surface area contributed by atoms with Crippen LogP contribution in [-0.4, -0.2) is 38.0 Å². The number of carbonyl (C=O) groups excluding carboxylic acids is 1. The van der Waals surface area contributed by atoms with Crippen molar-refractivity contribution in [2.75, 3.05) is 6.54 Å². The minimum absolute atomic E-state index is 0.00306. The Labute approximate surface area is 154 Å². The average molecular weight is 382 g/mol. The first-order chi connectivity index (χ1) is 12.1. The van der Waals surface area contributed by atoms with Crippen LogP contribution in [0.5, 0.6) is 0 Å². The topological polar surface area (TPSA) is 113 Å². The molecule has 1 fully saturated rings. The third-order valence-corrected chi connectivity index (χ3v) is 5.80. The molecule has 1 aromatic rings. The van der Waals surface area contributed by atoms with E-state index in [0.29, 0.717) is 12.0 Å². The maximum atomic E-state index is 12.5. The molecular weight excluding hydrogens is 356 g/mol. The molecule has 0 bridgehead atoms. The number of hydrogen-bond donors (Lipinski definition) is 3. The number of benzene rings is 1. The van der Waals surface area contributed by atoms with Crippen LogP contribution in [0.25, 0.3) is 0 Å². The Bertz CT molecular complexity index is 785. The van der Waals surface area contributed by atoms with Crippen molar-refractivity contribution in [1.82, 2.24) is 10.0 Å². The SMILES string of the molecule is Cc1ccc(S(=O)(=O)NC2CC2)cc1C(=O)NCC(CC(C)C)C(=O)O. The van der Waals surface area contributed by atoms with E-state index in [1.165, 1.54) is 12.1 Å². The summed E-state index contributed by atoms with van der Waals surface area (Å²) in [5.74, 6) is -1.92. The molecule has 8 heteroatoms. The highest BCUT2D eigenvalue weighted by Crippen LogP contribution is 2.23. The van der Waals surface area contributed by atoms with Gasteiger partial charge in [0, 0.05) is 18.2 Å². The zero-order valence-electron chi connectivity index (χ0n) is 15.3.